The van der Waals surface area contributed by atoms with E-state index < -0.39 is 0 Å². The molecule has 0 fully saturated rings. The van der Waals surface area contributed by atoms with E-state index in [2.05, 4.69) is 39.9 Å². The fourth-order valence-electron chi connectivity index (χ4n) is 2.37. The molecule has 0 bridgehead atoms. The molecule has 0 radical (unpaired) electrons. The zero-order valence-electron chi connectivity index (χ0n) is 11.4. The Morgan fingerprint density at radius 2 is 1.90 bits per heavy atom. The summed E-state index contributed by atoms with van der Waals surface area (Å²) in [5.74, 6) is 0. The number of anilines is 1. The maximum atomic E-state index is 6.07. The standard InChI is InChI=1S/C16H18BrClN2/c1-2-20(13-6-4-3-5-7-13)16(11-19)12-8-9-15(18)14(17)10-12/h3-10,16H,2,11,19H2,1H3. The van der Waals surface area contributed by atoms with Gasteiger partial charge in [0.05, 0.1) is 11.1 Å². The minimum atomic E-state index is 0.135. The molecule has 0 spiro atoms. The highest BCUT2D eigenvalue weighted by molar-refractivity contribution is 9.10. The molecular formula is C16H18BrClN2. The second-order valence-corrected chi connectivity index (χ2v) is 5.81. The first-order valence-corrected chi connectivity index (χ1v) is 7.81. The molecule has 0 saturated carbocycles. The van der Waals surface area contributed by atoms with Gasteiger partial charge in [0.1, 0.15) is 0 Å². The molecule has 0 aromatic heterocycles. The Balaban J connectivity index is 2.36. The summed E-state index contributed by atoms with van der Waals surface area (Å²) in [4.78, 5) is 2.30. The molecular weight excluding hydrogens is 336 g/mol. The van der Waals surface area contributed by atoms with E-state index in [1.165, 1.54) is 5.69 Å². The highest BCUT2D eigenvalue weighted by Crippen LogP contribution is 2.30. The van der Waals surface area contributed by atoms with Crippen LogP contribution in [0.4, 0.5) is 5.69 Å². The number of hydrogen-bond donors (Lipinski definition) is 1. The van der Waals surface area contributed by atoms with E-state index in [1.807, 2.05) is 36.4 Å². The van der Waals surface area contributed by atoms with E-state index in [1.54, 1.807) is 0 Å². The molecule has 1 unspecified atom stereocenters. The third-order valence-corrected chi connectivity index (χ3v) is 4.57. The summed E-state index contributed by atoms with van der Waals surface area (Å²) in [5, 5.41) is 0.715. The predicted octanol–water partition coefficient (Wildman–Crippen LogP) is 4.63. The maximum Gasteiger partial charge on any atom is 0.0665 e. The third kappa shape index (κ3) is 3.35. The van der Waals surface area contributed by atoms with Gasteiger partial charge in [0.25, 0.3) is 0 Å². The van der Waals surface area contributed by atoms with Crippen LogP contribution < -0.4 is 10.6 Å². The van der Waals surface area contributed by atoms with Crippen molar-refractivity contribution in [3.63, 3.8) is 0 Å². The normalized spacial score (nSPS) is 12.2. The quantitative estimate of drug-likeness (QED) is 0.849. The summed E-state index contributed by atoms with van der Waals surface area (Å²) in [6.07, 6.45) is 0. The second-order valence-electron chi connectivity index (χ2n) is 4.55. The van der Waals surface area contributed by atoms with Gasteiger partial charge in [-0.25, -0.2) is 0 Å². The first-order valence-electron chi connectivity index (χ1n) is 6.64. The minimum absolute atomic E-state index is 0.135. The lowest BCUT2D eigenvalue weighted by Crippen LogP contribution is -2.33. The molecule has 0 heterocycles. The number of nitrogens with two attached hydrogens (primary N) is 1. The van der Waals surface area contributed by atoms with Crippen molar-refractivity contribution in [2.45, 2.75) is 13.0 Å². The van der Waals surface area contributed by atoms with Crippen molar-refractivity contribution >= 4 is 33.2 Å². The van der Waals surface area contributed by atoms with Gasteiger partial charge < -0.3 is 10.6 Å². The monoisotopic (exact) mass is 352 g/mol. The molecule has 20 heavy (non-hydrogen) atoms. The van der Waals surface area contributed by atoms with Crippen molar-refractivity contribution in [1.29, 1.82) is 0 Å². The van der Waals surface area contributed by atoms with Gasteiger partial charge in [-0.1, -0.05) is 35.9 Å². The number of halogens is 2. The maximum absolute atomic E-state index is 6.07. The number of rotatable bonds is 5. The van der Waals surface area contributed by atoms with Crippen molar-refractivity contribution in [2.75, 3.05) is 18.0 Å². The van der Waals surface area contributed by atoms with Gasteiger partial charge in [-0.05, 0) is 52.7 Å². The van der Waals surface area contributed by atoms with E-state index in [0.717, 1.165) is 16.6 Å². The van der Waals surface area contributed by atoms with Crippen molar-refractivity contribution in [3.05, 3.63) is 63.6 Å². The Morgan fingerprint density at radius 1 is 1.20 bits per heavy atom. The van der Waals surface area contributed by atoms with Crippen LogP contribution >= 0.6 is 27.5 Å². The van der Waals surface area contributed by atoms with Crippen LogP contribution in [-0.4, -0.2) is 13.1 Å². The zero-order chi connectivity index (χ0) is 14.5. The Kier molecular flexibility index (Phi) is 5.46. The topological polar surface area (TPSA) is 29.3 Å². The fourth-order valence-corrected chi connectivity index (χ4v) is 2.88. The third-order valence-electron chi connectivity index (χ3n) is 3.36. The summed E-state index contributed by atoms with van der Waals surface area (Å²) in [6, 6.07) is 16.5. The summed E-state index contributed by atoms with van der Waals surface area (Å²) >= 11 is 9.55. The summed E-state index contributed by atoms with van der Waals surface area (Å²) in [6.45, 7) is 3.59. The molecule has 0 amide bonds. The second kappa shape index (κ2) is 7.11. The van der Waals surface area contributed by atoms with E-state index >= 15 is 0 Å². The van der Waals surface area contributed by atoms with Gasteiger partial charge in [0.15, 0.2) is 0 Å². The first kappa shape index (κ1) is 15.4. The van der Waals surface area contributed by atoms with Crippen LogP contribution in [-0.2, 0) is 0 Å². The SMILES string of the molecule is CCN(c1ccccc1)C(CN)c1ccc(Cl)c(Br)c1. The van der Waals surface area contributed by atoms with Crippen molar-refractivity contribution in [1.82, 2.24) is 0 Å². The van der Waals surface area contributed by atoms with Crippen LogP contribution in [0.1, 0.15) is 18.5 Å². The van der Waals surface area contributed by atoms with Crippen molar-refractivity contribution < 1.29 is 0 Å². The van der Waals surface area contributed by atoms with Gasteiger partial charge >= 0.3 is 0 Å². The zero-order valence-corrected chi connectivity index (χ0v) is 13.7. The Hall–Kier alpha value is -1.03. The first-order chi connectivity index (χ1) is 9.67. The summed E-state index contributed by atoms with van der Waals surface area (Å²) < 4.78 is 0.902. The van der Waals surface area contributed by atoms with Gasteiger partial charge in [-0.3, -0.25) is 0 Å². The van der Waals surface area contributed by atoms with E-state index in [4.69, 9.17) is 17.3 Å². The largest absolute Gasteiger partial charge is 0.363 e. The lowest BCUT2D eigenvalue weighted by molar-refractivity contribution is 0.643. The Labute approximate surface area is 133 Å². The molecule has 1 atom stereocenters. The lowest BCUT2D eigenvalue weighted by atomic mass is 10.0. The number of para-hydroxylation sites is 1. The molecule has 106 valence electrons. The number of likely N-dealkylation sites (N-methyl/N-ethyl adjacent to an activating group) is 1. The molecule has 2 N–H and O–H groups in total. The minimum Gasteiger partial charge on any atom is -0.363 e. The Bertz CT molecular complexity index is 560. The molecule has 4 heteroatoms. The van der Waals surface area contributed by atoms with Gasteiger partial charge in [-0.2, -0.15) is 0 Å². The molecule has 2 rings (SSSR count). The number of hydrogen-bond acceptors (Lipinski definition) is 2. The van der Waals surface area contributed by atoms with E-state index in [-0.39, 0.29) is 6.04 Å². The van der Waals surface area contributed by atoms with Crippen LogP contribution in [0.25, 0.3) is 0 Å². The average Bonchev–Trinajstić information content (AvgIpc) is 2.48. The van der Waals surface area contributed by atoms with Crippen molar-refractivity contribution in [3.8, 4) is 0 Å². The number of benzene rings is 2. The Morgan fingerprint density at radius 3 is 2.45 bits per heavy atom. The summed E-state index contributed by atoms with van der Waals surface area (Å²) in [5.41, 5.74) is 8.36. The average molecular weight is 354 g/mol. The molecule has 0 aliphatic carbocycles. The van der Waals surface area contributed by atoms with Crippen LogP contribution in [0.5, 0.6) is 0 Å². The molecule has 0 aliphatic heterocycles. The van der Waals surface area contributed by atoms with E-state index in [9.17, 15) is 0 Å². The highest BCUT2D eigenvalue weighted by Gasteiger charge is 2.18. The van der Waals surface area contributed by atoms with Crippen LogP contribution in [0, 0.1) is 0 Å². The van der Waals surface area contributed by atoms with Gasteiger partial charge in [0.2, 0.25) is 0 Å². The lowest BCUT2D eigenvalue weighted by Gasteiger charge is -2.32. The molecule has 2 nitrogen and oxygen atoms in total. The van der Waals surface area contributed by atoms with Crippen LogP contribution in [0.2, 0.25) is 5.02 Å². The molecule has 2 aromatic rings. The fraction of sp³-hybridized carbons (Fsp3) is 0.250. The van der Waals surface area contributed by atoms with Gasteiger partial charge in [-0.15, -0.1) is 0 Å². The van der Waals surface area contributed by atoms with Crippen molar-refractivity contribution in [2.24, 2.45) is 5.73 Å². The summed E-state index contributed by atoms with van der Waals surface area (Å²) in [7, 11) is 0. The molecule has 2 aromatic carbocycles. The van der Waals surface area contributed by atoms with Crippen LogP contribution in [0.15, 0.2) is 53.0 Å². The molecule has 0 saturated heterocycles. The molecule has 0 aliphatic rings. The van der Waals surface area contributed by atoms with E-state index in [0.29, 0.717) is 11.6 Å². The number of nitrogens with zero attached hydrogens (tertiary/aromatic N) is 1. The highest BCUT2D eigenvalue weighted by atomic mass is 79.9. The smallest absolute Gasteiger partial charge is 0.0665 e. The van der Waals surface area contributed by atoms with Gasteiger partial charge in [0, 0.05) is 23.2 Å². The predicted molar refractivity (Wildman–Crippen MR) is 90.4 cm³/mol. The van der Waals surface area contributed by atoms with Crippen LogP contribution in [0.3, 0.4) is 0 Å².